The van der Waals surface area contributed by atoms with Gasteiger partial charge >= 0.3 is 12.0 Å². The number of carbonyl (C=O) groups is 3. The Bertz CT molecular complexity index is 746. The molecule has 1 aromatic heterocycles. The van der Waals surface area contributed by atoms with Crippen LogP contribution in [0.3, 0.4) is 0 Å². The van der Waals surface area contributed by atoms with Gasteiger partial charge in [0.2, 0.25) is 0 Å². The number of rotatable bonds is 9. The number of hydrogen-bond donors (Lipinski definition) is 2. The third kappa shape index (κ3) is 7.78. The van der Waals surface area contributed by atoms with Crippen molar-refractivity contribution in [1.82, 2.24) is 10.6 Å². The van der Waals surface area contributed by atoms with Crippen molar-refractivity contribution in [1.29, 1.82) is 0 Å². The number of urea groups is 1. The predicted molar refractivity (Wildman–Crippen MR) is 99.0 cm³/mol. The van der Waals surface area contributed by atoms with Gasteiger partial charge in [0.05, 0.1) is 7.11 Å². The van der Waals surface area contributed by atoms with Gasteiger partial charge in [-0.05, 0) is 42.1 Å². The lowest BCUT2D eigenvalue weighted by Gasteiger charge is -2.08. The summed E-state index contributed by atoms with van der Waals surface area (Å²) in [6.45, 7) is -0.523. The van der Waals surface area contributed by atoms with Crippen molar-refractivity contribution >= 4 is 29.2 Å². The summed E-state index contributed by atoms with van der Waals surface area (Å²) >= 11 is 1.59. The monoisotopic (exact) mass is 392 g/mol. The van der Waals surface area contributed by atoms with E-state index in [1.54, 1.807) is 42.7 Å². The molecule has 2 aromatic rings. The van der Waals surface area contributed by atoms with E-state index in [0.29, 0.717) is 24.5 Å². The molecular weight excluding hydrogens is 372 g/mol. The summed E-state index contributed by atoms with van der Waals surface area (Å²) < 4.78 is 15.0. The van der Waals surface area contributed by atoms with Crippen LogP contribution in [0.4, 0.5) is 4.79 Å². The highest BCUT2D eigenvalue weighted by Crippen LogP contribution is 2.16. The smallest absolute Gasteiger partial charge is 0.344 e. The zero-order valence-corrected chi connectivity index (χ0v) is 15.5. The van der Waals surface area contributed by atoms with Crippen LogP contribution in [-0.4, -0.2) is 44.8 Å². The molecular formula is C18H20N2O6S. The molecule has 0 aliphatic heterocycles. The Morgan fingerprint density at radius 3 is 2.44 bits per heavy atom. The molecule has 0 aliphatic rings. The number of thiophene rings is 1. The van der Waals surface area contributed by atoms with Gasteiger partial charge in [-0.25, -0.2) is 9.59 Å². The number of ether oxygens (including phenoxy) is 3. The van der Waals surface area contributed by atoms with E-state index in [4.69, 9.17) is 14.2 Å². The highest BCUT2D eigenvalue weighted by molar-refractivity contribution is 7.09. The largest absolute Gasteiger partial charge is 0.497 e. The molecule has 0 radical (unpaired) electrons. The molecule has 1 aromatic carbocycles. The summed E-state index contributed by atoms with van der Waals surface area (Å²) in [6.07, 6.45) is 0.678. The van der Waals surface area contributed by atoms with Crippen molar-refractivity contribution in [3.8, 4) is 11.5 Å². The fourth-order valence-electron chi connectivity index (χ4n) is 1.96. The van der Waals surface area contributed by atoms with Gasteiger partial charge in [-0.1, -0.05) is 6.07 Å². The second-order valence-corrected chi connectivity index (χ2v) is 6.29. The van der Waals surface area contributed by atoms with Crippen molar-refractivity contribution < 1.29 is 28.6 Å². The zero-order chi connectivity index (χ0) is 19.5. The van der Waals surface area contributed by atoms with Crippen molar-refractivity contribution in [2.75, 3.05) is 26.9 Å². The van der Waals surface area contributed by atoms with Crippen molar-refractivity contribution in [2.45, 2.75) is 6.42 Å². The summed E-state index contributed by atoms with van der Waals surface area (Å²) in [5.41, 5.74) is 0. The zero-order valence-electron chi connectivity index (χ0n) is 14.7. The molecule has 0 atom stereocenters. The number of amides is 3. The fraction of sp³-hybridized carbons (Fsp3) is 0.278. The van der Waals surface area contributed by atoms with Crippen LogP contribution in [0.2, 0.25) is 0 Å². The van der Waals surface area contributed by atoms with Crippen molar-refractivity contribution in [3.05, 3.63) is 46.7 Å². The lowest BCUT2D eigenvalue weighted by Crippen LogP contribution is -2.42. The summed E-state index contributed by atoms with van der Waals surface area (Å²) in [7, 11) is 1.54. The molecule has 2 rings (SSSR count). The number of nitrogens with one attached hydrogen (secondary N) is 2. The van der Waals surface area contributed by atoms with Crippen LogP contribution in [0.25, 0.3) is 0 Å². The van der Waals surface area contributed by atoms with Crippen LogP contribution in [0.1, 0.15) is 4.88 Å². The molecule has 9 heteroatoms. The summed E-state index contributed by atoms with van der Waals surface area (Å²) in [6, 6.07) is 9.90. The van der Waals surface area contributed by atoms with Crippen LogP contribution in [0, 0.1) is 0 Å². The maximum absolute atomic E-state index is 11.6. The van der Waals surface area contributed by atoms with Crippen LogP contribution in [0.5, 0.6) is 11.5 Å². The number of hydrogen-bond acceptors (Lipinski definition) is 7. The first-order valence-corrected chi connectivity index (χ1v) is 8.97. The molecule has 1 heterocycles. The number of benzene rings is 1. The maximum atomic E-state index is 11.6. The standard InChI is InChI=1S/C18H20N2O6S/c1-24-13-4-6-14(7-5-13)25-12-17(22)26-11-16(21)20-18(23)19-9-8-15-3-2-10-27-15/h2-7,10H,8-9,11-12H2,1H3,(H2,19,20,21,23). The Kier molecular flexibility index (Phi) is 8.11. The van der Waals surface area contributed by atoms with E-state index in [1.165, 1.54) is 0 Å². The molecule has 0 bridgehead atoms. The van der Waals surface area contributed by atoms with Crippen molar-refractivity contribution in [2.24, 2.45) is 0 Å². The van der Waals surface area contributed by atoms with Crippen LogP contribution >= 0.6 is 11.3 Å². The molecule has 0 fully saturated rings. The van der Waals surface area contributed by atoms with Gasteiger partial charge < -0.3 is 19.5 Å². The first-order valence-electron chi connectivity index (χ1n) is 8.09. The van der Waals surface area contributed by atoms with Gasteiger partial charge in [-0.2, -0.15) is 0 Å². The van der Waals surface area contributed by atoms with Gasteiger partial charge in [0.15, 0.2) is 13.2 Å². The molecule has 144 valence electrons. The molecule has 8 nitrogen and oxygen atoms in total. The lowest BCUT2D eigenvalue weighted by atomic mass is 10.3. The SMILES string of the molecule is COc1ccc(OCC(=O)OCC(=O)NC(=O)NCCc2cccs2)cc1. The fourth-order valence-corrected chi connectivity index (χ4v) is 2.67. The minimum atomic E-state index is -0.723. The Labute approximate surface area is 160 Å². The van der Waals surface area contributed by atoms with Gasteiger partial charge in [-0.15, -0.1) is 11.3 Å². The Hall–Kier alpha value is -3.07. The first kappa shape index (κ1) is 20.2. The highest BCUT2D eigenvalue weighted by atomic mass is 32.1. The quantitative estimate of drug-likeness (QED) is 0.630. The van der Waals surface area contributed by atoms with Crippen LogP contribution in [-0.2, 0) is 20.7 Å². The van der Waals surface area contributed by atoms with Crippen LogP contribution in [0.15, 0.2) is 41.8 Å². The molecule has 27 heavy (non-hydrogen) atoms. The number of imide groups is 1. The van der Waals surface area contributed by atoms with Gasteiger partial charge in [0.1, 0.15) is 11.5 Å². The molecule has 2 N–H and O–H groups in total. The van der Waals surface area contributed by atoms with E-state index in [2.05, 4.69) is 10.6 Å². The predicted octanol–water partition coefficient (Wildman–Crippen LogP) is 1.75. The third-order valence-electron chi connectivity index (χ3n) is 3.27. The first-order chi connectivity index (χ1) is 13.1. The van der Waals surface area contributed by atoms with Gasteiger partial charge in [0, 0.05) is 11.4 Å². The highest BCUT2D eigenvalue weighted by Gasteiger charge is 2.11. The Balaban J connectivity index is 1.58. The number of methoxy groups -OCH3 is 1. The topological polar surface area (TPSA) is 103 Å². The van der Waals surface area contributed by atoms with Gasteiger partial charge in [-0.3, -0.25) is 10.1 Å². The molecule has 3 amide bonds. The Morgan fingerprint density at radius 1 is 1.04 bits per heavy atom. The van der Waals surface area contributed by atoms with E-state index < -0.39 is 24.5 Å². The van der Waals surface area contributed by atoms with Crippen molar-refractivity contribution in [3.63, 3.8) is 0 Å². The average molecular weight is 392 g/mol. The molecule has 0 unspecified atom stereocenters. The number of esters is 1. The summed E-state index contributed by atoms with van der Waals surface area (Å²) in [4.78, 5) is 35.9. The molecule has 0 aliphatic carbocycles. The summed E-state index contributed by atoms with van der Waals surface area (Å²) in [5, 5.41) is 6.59. The maximum Gasteiger partial charge on any atom is 0.344 e. The summed E-state index contributed by atoms with van der Waals surface area (Å²) in [5.74, 6) is -0.321. The van der Waals surface area contributed by atoms with E-state index in [0.717, 1.165) is 4.88 Å². The van der Waals surface area contributed by atoms with E-state index in [9.17, 15) is 14.4 Å². The normalized spacial score (nSPS) is 9.96. The molecule has 0 saturated carbocycles. The average Bonchev–Trinajstić information content (AvgIpc) is 3.18. The molecule has 0 spiro atoms. The second-order valence-electron chi connectivity index (χ2n) is 5.26. The minimum absolute atomic E-state index is 0.355. The second kappa shape index (κ2) is 10.8. The third-order valence-corrected chi connectivity index (χ3v) is 4.21. The van der Waals surface area contributed by atoms with E-state index in [-0.39, 0.29) is 6.61 Å². The lowest BCUT2D eigenvalue weighted by molar-refractivity contribution is -0.150. The van der Waals surface area contributed by atoms with Crippen LogP contribution < -0.4 is 20.1 Å². The van der Waals surface area contributed by atoms with E-state index in [1.807, 2.05) is 17.5 Å². The Morgan fingerprint density at radius 2 is 1.78 bits per heavy atom. The minimum Gasteiger partial charge on any atom is -0.497 e. The molecule has 0 saturated heterocycles. The van der Waals surface area contributed by atoms with Gasteiger partial charge in [0.25, 0.3) is 5.91 Å². The van der Waals surface area contributed by atoms with E-state index >= 15 is 0 Å². The number of carbonyl (C=O) groups excluding carboxylic acids is 3.